The van der Waals surface area contributed by atoms with Crippen LogP contribution in [0.1, 0.15) is 10.4 Å². The van der Waals surface area contributed by atoms with Crippen molar-refractivity contribution >= 4 is 39.8 Å². The van der Waals surface area contributed by atoms with Crippen molar-refractivity contribution in [2.75, 3.05) is 11.1 Å². The summed E-state index contributed by atoms with van der Waals surface area (Å²) in [5.74, 6) is -0.268. The Morgan fingerprint density at radius 1 is 1.10 bits per heavy atom. The number of carbonyl (C=O) groups excluding carboxylic acids is 1. The molecule has 3 rings (SSSR count). The molecule has 2 aromatic carbocycles. The quantitative estimate of drug-likeness (QED) is 0.708. The van der Waals surface area contributed by atoms with Crippen LogP contribution in [0.3, 0.4) is 0 Å². The molecule has 1 amide bonds. The molecule has 0 bridgehead atoms. The van der Waals surface area contributed by atoms with Gasteiger partial charge in [-0.2, -0.15) is 0 Å². The molecular formula is C16H12ClN3O. The van der Waals surface area contributed by atoms with Crippen LogP contribution >= 0.6 is 11.6 Å². The van der Waals surface area contributed by atoms with Crippen LogP contribution in [0.4, 0.5) is 11.4 Å². The number of rotatable bonds is 2. The molecule has 0 fully saturated rings. The SMILES string of the molecule is Nc1ccc(NC(=O)c2ccccc2Cl)c2cccnc12. The molecule has 0 saturated heterocycles. The van der Waals surface area contributed by atoms with E-state index in [1.807, 2.05) is 6.07 Å². The zero-order chi connectivity index (χ0) is 14.8. The molecule has 5 heteroatoms. The minimum absolute atomic E-state index is 0.268. The van der Waals surface area contributed by atoms with Crippen LogP contribution in [0.15, 0.2) is 54.7 Å². The maximum Gasteiger partial charge on any atom is 0.257 e. The highest BCUT2D eigenvalue weighted by atomic mass is 35.5. The highest BCUT2D eigenvalue weighted by Crippen LogP contribution is 2.27. The van der Waals surface area contributed by atoms with Crippen LogP contribution in [-0.4, -0.2) is 10.9 Å². The number of hydrogen-bond acceptors (Lipinski definition) is 3. The number of nitrogens with one attached hydrogen (secondary N) is 1. The highest BCUT2D eigenvalue weighted by molar-refractivity contribution is 6.34. The Kier molecular flexibility index (Phi) is 3.46. The van der Waals surface area contributed by atoms with E-state index in [0.29, 0.717) is 27.5 Å². The lowest BCUT2D eigenvalue weighted by Crippen LogP contribution is -2.12. The molecule has 1 heterocycles. The lowest BCUT2D eigenvalue weighted by atomic mass is 10.1. The van der Waals surface area contributed by atoms with Crippen molar-refractivity contribution in [1.82, 2.24) is 4.98 Å². The Morgan fingerprint density at radius 3 is 2.71 bits per heavy atom. The van der Waals surface area contributed by atoms with Gasteiger partial charge < -0.3 is 11.1 Å². The number of pyridine rings is 1. The third-order valence-corrected chi connectivity index (χ3v) is 3.50. The smallest absolute Gasteiger partial charge is 0.257 e. The molecule has 0 atom stereocenters. The van der Waals surface area contributed by atoms with Crippen LogP contribution in [0.5, 0.6) is 0 Å². The van der Waals surface area contributed by atoms with Gasteiger partial charge >= 0.3 is 0 Å². The number of nitrogens with zero attached hydrogens (tertiary/aromatic N) is 1. The summed E-state index contributed by atoms with van der Waals surface area (Å²) in [6.07, 6.45) is 1.67. The van der Waals surface area contributed by atoms with Crippen molar-refractivity contribution in [2.24, 2.45) is 0 Å². The number of fused-ring (bicyclic) bond motifs is 1. The molecular weight excluding hydrogens is 286 g/mol. The fourth-order valence-corrected chi connectivity index (χ4v) is 2.36. The maximum atomic E-state index is 12.3. The predicted octanol–water partition coefficient (Wildman–Crippen LogP) is 3.72. The summed E-state index contributed by atoms with van der Waals surface area (Å²) in [4.78, 5) is 16.6. The number of nitrogen functional groups attached to an aromatic ring is 1. The summed E-state index contributed by atoms with van der Waals surface area (Å²) in [5.41, 5.74) is 8.20. The van der Waals surface area contributed by atoms with E-state index in [9.17, 15) is 4.79 Å². The van der Waals surface area contributed by atoms with Crippen molar-refractivity contribution in [3.8, 4) is 0 Å². The van der Waals surface area contributed by atoms with Crippen molar-refractivity contribution in [1.29, 1.82) is 0 Å². The lowest BCUT2D eigenvalue weighted by molar-refractivity contribution is 0.102. The van der Waals surface area contributed by atoms with E-state index in [1.54, 1.807) is 48.7 Å². The molecule has 1 aromatic heterocycles. The number of anilines is 2. The molecule has 104 valence electrons. The molecule has 0 aliphatic heterocycles. The Balaban J connectivity index is 2.01. The molecule has 0 saturated carbocycles. The first-order valence-corrected chi connectivity index (χ1v) is 6.73. The minimum Gasteiger partial charge on any atom is -0.397 e. The molecule has 3 aromatic rings. The number of amides is 1. The van der Waals surface area contributed by atoms with Crippen molar-refractivity contribution < 1.29 is 4.79 Å². The molecule has 3 N–H and O–H groups in total. The first-order valence-electron chi connectivity index (χ1n) is 6.36. The predicted molar refractivity (Wildman–Crippen MR) is 85.6 cm³/mol. The third-order valence-electron chi connectivity index (χ3n) is 3.17. The van der Waals surface area contributed by atoms with Crippen LogP contribution < -0.4 is 11.1 Å². The first kappa shape index (κ1) is 13.4. The summed E-state index contributed by atoms with van der Waals surface area (Å²) >= 11 is 6.04. The van der Waals surface area contributed by atoms with Crippen molar-refractivity contribution in [2.45, 2.75) is 0 Å². The van der Waals surface area contributed by atoms with E-state index in [0.717, 1.165) is 5.39 Å². The van der Waals surface area contributed by atoms with Gasteiger partial charge in [0.2, 0.25) is 0 Å². The molecule has 4 nitrogen and oxygen atoms in total. The number of nitrogens with two attached hydrogens (primary N) is 1. The van der Waals surface area contributed by atoms with Crippen LogP contribution in [-0.2, 0) is 0 Å². The largest absolute Gasteiger partial charge is 0.397 e. The van der Waals surface area contributed by atoms with Gasteiger partial charge in [0.1, 0.15) is 0 Å². The van der Waals surface area contributed by atoms with E-state index in [4.69, 9.17) is 17.3 Å². The summed E-state index contributed by atoms with van der Waals surface area (Å²) in [6.45, 7) is 0. The highest BCUT2D eigenvalue weighted by Gasteiger charge is 2.12. The van der Waals surface area contributed by atoms with E-state index in [-0.39, 0.29) is 5.91 Å². The fourth-order valence-electron chi connectivity index (χ4n) is 2.14. The molecule has 0 spiro atoms. The van der Waals surface area contributed by atoms with E-state index >= 15 is 0 Å². The minimum atomic E-state index is -0.268. The Morgan fingerprint density at radius 2 is 1.90 bits per heavy atom. The molecule has 0 aliphatic rings. The second kappa shape index (κ2) is 5.42. The average molecular weight is 298 g/mol. The molecule has 0 aliphatic carbocycles. The third kappa shape index (κ3) is 2.53. The van der Waals surface area contributed by atoms with Crippen molar-refractivity contribution in [3.05, 3.63) is 65.3 Å². The van der Waals surface area contributed by atoms with Gasteiger partial charge in [0.15, 0.2) is 0 Å². The van der Waals surface area contributed by atoms with Gasteiger partial charge in [-0.15, -0.1) is 0 Å². The second-order valence-corrected chi connectivity index (χ2v) is 4.94. The number of hydrogen-bond donors (Lipinski definition) is 2. The van der Waals surface area contributed by atoms with Gasteiger partial charge in [-0.25, -0.2) is 0 Å². The van der Waals surface area contributed by atoms with Gasteiger partial charge in [0.25, 0.3) is 5.91 Å². The zero-order valence-corrected chi connectivity index (χ0v) is 11.8. The van der Waals surface area contributed by atoms with Gasteiger partial charge in [-0.05, 0) is 36.4 Å². The topological polar surface area (TPSA) is 68.0 Å². The van der Waals surface area contributed by atoms with Crippen LogP contribution in [0.25, 0.3) is 10.9 Å². The summed E-state index contributed by atoms with van der Waals surface area (Å²) in [5, 5.41) is 4.05. The summed E-state index contributed by atoms with van der Waals surface area (Å²) < 4.78 is 0. The second-order valence-electron chi connectivity index (χ2n) is 4.54. The molecule has 21 heavy (non-hydrogen) atoms. The Hall–Kier alpha value is -2.59. The number of halogens is 1. The Labute approximate surface area is 126 Å². The van der Waals surface area contributed by atoms with Crippen LogP contribution in [0.2, 0.25) is 5.02 Å². The van der Waals surface area contributed by atoms with E-state index in [2.05, 4.69) is 10.3 Å². The average Bonchev–Trinajstić information content (AvgIpc) is 2.51. The number of carbonyl (C=O) groups is 1. The van der Waals surface area contributed by atoms with Crippen molar-refractivity contribution in [3.63, 3.8) is 0 Å². The fraction of sp³-hybridized carbons (Fsp3) is 0. The van der Waals surface area contributed by atoms with Gasteiger partial charge in [-0.1, -0.05) is 23.7 Å². The zero-order valence-electron chi connectivity index (χ0n) is 11.0. The Bertz CT molecular complexity index is 833. The number of benzene rings is 2. The van der Waals surface area contributed by atoms with Gasteiger partial charge in [0, 0.05) is 11.6 Å². The summed E-state index contributed by atoms with van der Waals surface area (Å²) in [6, 6.07) is 14.0. The maximum absolute atomic E-state index is 12.3. The molecule has 0 radical (unpaired) electrons. The van der Waals surface area contributed by atoms with E-state index < -0.39 is 0 Å². The van der Waals surface area contributed by atoms with E-state index in [1.165, 1.54) is 0 Å². The van der Waals surface area contributed by atoms with Gasteiger partial charge in [0.05, 0.1) is 27.5 Å². The number of aromatic nitrogens is 1. The first-order chi connectivity index (χ1) is 10.2. The monoisotopic (exact) mass is 297 g/mol. The lowest BCUT2D eigenvalue weighted by Gasteiger charge is -2.10. The summed E-state index contributed by atoms with van der Waals surface area (Å²) in [7, 11) is 0. The van der Waals surface area contributed by atoms with Gasteiger partial charge in [-0.3, -0.25) is 9.78 Å². The standard InChI is InChI=1S/C16H12ClN3O/c17-12-6-2-1-4-10(12)16(21)20-14-8-7-13(18)15-11(14)5-3-9-19-15/h1-9H,18H2,(H,20,21). The normalized spacial score (nSPS) is 10.5. The molecule has 0 unspecified atom stereocenters. The van der Waals surface area contributed by atoms with Crippen LogP contribution in [0, 0.1) is 0 Å².